The van der Waals surface area contributed by atoms with Crippen molar-refractivity contribution in [3.05, 3.63) is 57.3 Å². The molecule has 104 valence electrons. The fourth-order valence-corrected chi connectivity index (χ4v) is 2.26. The van der Waals surface area contributed by atoms with Gasteiger partial charge in [-0.2, -0.15) is 0 Å². The van der Waals surface area contributed by atoms with Crippen molar-refractivity contribution in [2.75, 3.05) is 0 Å². The molecule has 20 heavy (non-hydrogen) atoms. The number of amides is 1. The summed E-state index contributed by atoms with van der Waals surface area (Å²) in [5.41, 5.74) is 2.37. The number of hydrogen-bond donors (Lipinski definition) is 1. The van der Waals surface area contributed by atoms with E-state index in [9.17, 15) is 4.79 Å². The van der Waals surface area contributed by atoms with Crippen molar-refractivity contribution in [3.63, 3.8) is 0 Å². The Bertz CT molecular complexity index is 646. The van der Waals surface area contributed by atoms with Crippen molar-refractivity contribution >= 4 is 29.1 Å². The standard InChI is InChI=1S/C14H13Cl2N3O/c1-8-5-3-4-6-10(8)9(2)17-14(20)11-7-12(15)18-19-13(11)16/h3-7,9H,1-2H3,(H,17,20). The lowest BCUT2D eigenvalue weighted by atomic mass is 10.0. The predicted molar refractivity (Wildman–Crippen MR) is 79.1 cm³/mol. The number of hydrogen-bond acceptors (Lipinski definition) is 3. The zero-order valence-corrected chi connectivity index (χ0v) is 12.5. The molecule has 0 bridgehead atoms. The number of halogens is 2. The maximum absolute atomic E-state index is 12.2. The molecule has 1 aromatic carbocycles. The van der Waals surface area contributed by atoms with Crippen molar-refractivity contribution in [2.45, 2.75) is 19.9 Å². The molecule has 0 spiro atoms. The van der Waals surface area contributed by atoms with E-state index in [0.29, 0.717) is 0 Å². The number of carbonyl (C=O) groups is 1. The van der Waals surface area contributed by atoms with Crippen LogP contribution in [0.25, 0.3) is 0 Å². The van der Waals surface area contributed by atoms with Gasteiger partial charge in [-0.25, -0.2) is 0 Å². The molecule has 6 heteroatoms. The van der Waals surface area contributed by atoms with Gasteiger partial charge in [0.1, 0.15) is 0 Å². The maximum atomic E-state index is 12.2. The van der Waals surface area contributed by atoms with Gasteiger partial charge < -0.3 is 5.32 Å². The van der Waals surface area contributed by atoms with Crippen molar-refractivity contribution in [1.29, 1.82) is 0 Å². The Morgan fingerprint density at radius 3 is 2.65 bits per heavy atom. The molecular weight excluding hydrogens is 297 g/mol. The van der Waals surface area contributed by atoms with E-state index >= 15 is 0 Å². The Hall–Kier alpha value is -1.65. The number of rotatable bonds is 3. The lowest BCUT2D eigenvalue weighted by Gasteiger charge is -2.16. The molecule has 0 fully saturated rings. The Morgan fingerprint density at radius 2 is 1.95 bits per heavy atom. The molecule has 1 N–H and O–H groups in total. The van der Waals surface area contributed by atoms with Crippen LogP contribution < -0.4 is 5.32 Å². The highest BCUT2D eigenvalue weighted by Crippen LogP contribution is 2.19. The van der Waals surface area contributed by atoms with E-state index in [0.717, 1.165) is 11.1 Å². The number of benzene rings is 1. The van der Waals surface area contributed by atoms with Gasteiger partial charge in [0.15, 0.2) is 10.3 Å². The third kappa shape index (κ3) is 3.26. The summed E-state index contributed by atoms with van der Waals surface area (Å²) < 4.78 is 0. The first-order valence-electron chi connectivity index (χ1n) is 6.04. The molecule has 1 unspecified atom stereocenters. The summed E-state index contributed by atoms with van der Waals surface area (Å²) in [7, 11) is 0. The molecule has 0 saturated carbocycles. The van der Waals surface area contributed by atoms with Gasteiger partial charge in [-0.1, -0.05) is 47.5 Å². The normalized spacial score (nSPS) is 12.0. The van der Waals surface area contributed by atoms with Crippen LogP contribution in [0.4, 0.5) is 0 Å². The molecule has 0 aliphatic carbocycles. The van der Waals surface area contributed by atoms with Crippen molar-refractivity contribution in [1.82, 2.24) is 15.5 Å². The third-order valence-corrected chi connectivity index (χ3v) is 3.43. The molecule has 0 aliphatic heterocycles. The van der Waals surface area contributed by atoms with E-state index in [4.69, 9.17) is 23.2 Å². The van der Waals surface area contributed by atoms with Crippen LogP contribution >= 0.6 is 23.2 Å². The lowest BCUT2D eigenvalue weighted by molar-refractivity contribution is 0.0939. The Balaban J connectivity index is 2.20. The fraction of sp³-hybridized carbons (Fsp3) is 0.214. The molecular formula is C14H13Cl2N3O. The molecule has 1 atom stereocenters. The summed E-state index contributed by atoms with van der Waals surface area (Å²) in [6, 6.07) is 9.11. The maximum Gasteiger partial charge on any atom is 0.255 e. The van der Waals surface area contributed by atoms with Gasteiger partial charge in [0, 0.05) is 0 Å². The molecule has 0 aliphatic rings. The minimum atomic E-state index is -0.331. The summed E-state index contributed by atoms with van der Waals surface area (Å²) >= 11 is 11.6. The minimum absolute atomic E-state index is 0.0314. The van der Waals surface area contributed by atoms with Gasteiger partial charge in [-0.15, -0.1) is 10.2 Å². The average molecular weight is 310 g/mol. The second-order valence-corrected chi connectivity index (χ2v) is 5.17. The molecule has 2 aromatic rings. The van der Waals surface area contributed by atoms with Gasteiger partial charge in [0.05, 0.1) is 11.6 Å². The third-order valence-electron chi connectivity index (χ3n) is 2.97. The second-order valence-electron chi connectivity index (χ2n) is 4.42. The highest BCUT2D eigenvalue weighted by atomic mass is 35.5. The van der Waals surface area contributed by atoms with Crippen LogP contribution in [-0.2, 0) is 0 Å². The topological polar surface area (TPSA) is 54.9 Å². The zero-order valence-electron chi connectivity index (χ0n) is 11.0. The van der Waals surface area contributed by atoms with Crippen LogP contribution in [0.2, 0.25) is 10.3 Å². The zero-order chi connectivity index (χ0) is 14.7. The highest BCUT2D eigenvalue weighted by Gasteiger charge is 2.17. The van der Waals surface area contributed by atoms with Crippen LogP contribution in [-0.4, -0.2) is 16.1 Å². The van der Waals surface area contributed by atoms with E-state index in [-0.39, 0.29) is 27.8 Å². The van der Waals surface area contributed by atoms with E-state index in [1.54, 1.807) is 0 Å². The number of nitrogens with one attached hydrogen (secondary N) is 1. The molecule has 1 aromatic heterocycles. The Morgan fingerprint density at radius 1 is 1.25 bits per heavy atom. The average Bonchev–Trinajstić information content (AvgIpc) is 2.41. The fourth-order valence-electron chi connectivity index (χ4n) is 1.94. The monoisotopic (exact) mass is 309 g/mol. The Kier molecular flexibility index (Phi) is 4.57. The number of nitrogens with zero attached hydrogens (tertiary/aromatic N) is 2. The van der Waals surface area contributed by atoms with Gasteiger partial charge in [0.2, 0.25) is 0 Å². The van der Waals surface area contributed by atoms with E-state index in [1.165, 1.54) is 6.07 Å². The smallest absolute Gasteiger partial charge is 0.255 e. The van der Waals surface area contributed by atoms with Gasteiger partial charge in [-0.3, -0.25) is 4.79 Å². The van der Waals surface area contributed by atoms with E-state index in [2.05, 4.69) is 15.5 Å². The highest BCUT2D eigenvalue weighted by molar-refractivity contribution is 6.34. The van der Waals surface area contributed by atoms with Crippen LogP contribution in [0.1, 0.15) is 34.5 Å². The van der Waals surface area contributed by atoms with Crippen LogP contribution in [0, 0.1) is 6.92 Å². The van der Waals surface area contributed by atoms with E-state index < -0.39 is 0 Å². The lowest BCUT2D eigenvalue weighted by Crippen LogP contribution is -2.27. The molecule has 0 saturated heterocycles. The van der Waals surface area contributed by atoms with Crippen LogP contribution in [0.3, 0.4) is 0 Å². The van der Waals surface area contributed by atoms with Crippen LogP contribution in [0.15, 0.2) is 30.3 Å². The summed E-state index contributed by atoms with van der Waals surface area (Å²) in [5, 5.41) is 10.2. The first kappa shape index (κ1) is 14.8. The number of carbonyl (C=O) groups excluding carboxylic acids is 1. The Labute approximate surface area is 127 Å². The molecule has 0 radical (unpaired) electrons. The summed E-state index contributed by atoms with van der Waals surface area (Å²) in [6.07, 6.45) is 0. The second kappa shape index (κ2) is 6.20. The van der Waals surface area contributed by atoms with Gasteiger partial charge in [0.25, 0.3) is 5.91 Å². The summed E-state index contributed by atoms with van der Waals surface area (Å²) in [6.45, 7) is 3.90. The minimum Gasteiger partial charge on any atom is -0.345 e. The first-order chi connectivity index (χ1) is 9.49. The van der Waals surface area contributed by atoms with Gasteiger partial charge >= 0.3 is 0 Å². The van der Waals surface area contributed by atoms with Crippen molar-refractivity contribution in [2.24, 2.45) is 0 Å². The molecule has 4 nitrogen and oxygen atoms in total. The molecule has 1 heterocycles. The SMILES string of the molecule is Cc1ccccc1C(C)NC(=O)c1cc(Cl)nnc1Cl. The first-order valence-corrected chi connectivity index (χ1v) is 6.79. The molecule has 1 amide bonds. The molecule has 2 rings (SSSR count). The van der Waals surface area contributed by atoms with Crippen LogP contribution in [0.5, 0.6) is 0 Å². The number of aromatic nitrogens is 2. The summed E-state index contributed by atoms with van der Waals surface area (Å²) in [5.74, 6) is -0.331. The predicted octanol–water partition coefficient (Wildman–Crippen LogP) is 3.58. The van der Waals surface area contributed by atoms with Crippen molar-refractivity contribution in [3.8, 4) is 0 Å². The van der Waals surface area contributed by atoms with Gasteiger partial charge in [-0.05, 0) is 31.0 Å². The number of aryl methyl sites for hydroxylation is 1. The largest absolute Gasteiger partial charge is 0.345 e. The van der Waals surface area contributed by atoms with E-state index in [1.807, 2.05) is 38.1 Å². The quantitative estimate of drug-likeness (QED) is 0.942. The summed E-state index contributed by atoms with van der Waals surface area (Å²) in [4.78, 5) is 12.2. The van der Waals surface area contributed by atoms with Crippen molar-refractivity contribution < 1.29 is 4.79 Å².